The Labute approximate surface area is 318 Å². The van der Waals surface area contributed by atoms with Crippen LogP contribution in [0.25, 0.3) is 0 Å². The predicted molar refractivity (Wildman–Crippen MR) is 211 cm³/mol. The lowest BCUT2D eigenvalue weighted by Crippen LogP contribution is -2.66. The number of amides is 2. The van der Waals surface area contributed by atoms with E-state index in [0.717, 1.165) is 22.5 Å². The zero-order valence-electron chi connectivity index (χ0n) is 34.3. The van der Waals surface area contributed by atoms with Crippen LogP contribution in [0.3, 0.4) is 0 Å². The molecule has 0 N–H and O–H groups in total. The molecule has 53 heavy (non-hydrogen) atoms. The van der Waals surface area contributed by atoms with Gasteiger partial charge in [0.15, 0.2) is 8.32 Å². The highest BCUT2D eigenvalue weighted by Crippen LogP contribution is 2.40. The van der Waals surface area contributed by atoms with E-state index in [1.54, 1.807) is 12.1 Å². The number of fused-ring (bicyclic) bond motifs is 1. The van der Waals surface area contributed by atoms with E-state index in [4.69, 9.17) is 18.9 Å². The zero-order valence-corrected chi connectivity index (χ0v) is 35.3. The highest BCUT2D eigenvalue weighted by molar-refractivity contribution is 6.74. The number of halogens is 1. The van der Waals surface area contributed by atoms with Gasteiger partial charge in [-0.1, -0.05) is 46.8 Å². The monoisotopic (exact) mass is 753 g/mol. The molecule has 0 aliphatic carbocycles. The van der Waals surface area contributed by atoms with Gasteiger partial charge >= 0.3 is 6.09 Å². The van der Waals surface area contributed by atoms with Crippen LogP contribution in [0.2, 0.25) is 18.1 Å². The molecule has 2 fully saturated rings. The van der Waals surface area contributed by atoms with Gasteiger partial charge in [-0.05, 0) is 88.5 Å². The normalized spacial score (nSPS) is 24.3. The summed E-state index contributed by atoms with van der Waals surface area (Å²) in [7, 11) is -2.00. The number of hydrogen-bond acceptors (Lipinski definition) is 8. The van der Waals surface area contributed by atoms with E-state index in [9.17, 15) is 14.0 Å². The third-order valence-electron chi connectivity index (χ3n) is 11.5. The Morgan fingerprint density at radius 3 is 2.30 bits per heavy atom. The molecular weight excluding hydrogens is 690 g/mol. The average Bonchev–Trinajstić information content (AvgIpc) is 3.31. The maximum Gasteiger partial charge on any atom is 0.410 e. The molecule has 4 heterocycles. The average molecular weight is 754 g/mol. The quantitative estimate of drug-likeness (QED) is 0.257. The summed E-state index contributed by atoms with van der Waals surface area (Å²) in [6, 6.07) is 8.49. The standard InChI is InChI=1S/C41H64FN5O5Si/c1-28-20-44(23-36(48)47-27-41(9,10)37-35(47)18-31(19-43-37)17-30-13-15-32(42)16-14-30)33(22-46(28)38(49)52-39(3,4)5)21-45-29(2)24-50-25-34(45)26-51-53(11,12)40(6,7)8/h13-16,18-19,28-29,33-34H,17,20-27H2,1-12H3/t28-,29-,33+,34-/m1/s1. The number of carbonyl (C=O) groups is 2. The van der Waals surface area contributed by atoms with Gasteiger partial charge < -0.3 is 23.7 Å². The molecule has 3 aliphatic rings. The number of anilines is 1. The Morgan fingerprint density at radius 1 is 0.981 bits per heavy atom. The maximum atomic E-state index is 14.5. The van der Waals surface area contributed by atoms with Crippen molar-refractivity contribution >= 4 is 26.0 Å². The second-order valence-electron chi connectivity index (χ2n) is 18.8. The highest BCUT2D eigenvalue weighted by Gasteiger charge is 2.44. The van der Waals surface area contributed by atoms with E-state index in [0.29, 0.717) is 52.4 Å². The maximum absolute atomic E-state index is 14.5. The topological polar surface area (TPSA) is 87.7 Å². The molecule has 294 valence electrons. The number of hydrogen-bond donors (Lipinski definition) is 0. The minimum Gasteiger partial charge on any atom is -0.444 e. The Balaban J connectivity index is 1.40. The molecule has 0 bridgehead atoms. The number of benzene rings is 1. The van der Waals surface area contributed by atoms with E-state index in [-0.39, 0.29) is 59.0 Å². The van der Waals surface area contributed by atoms with Crippen LogP contribution in [0, 0.1) is 5.82 Å². The molecule has 2 amide bonds. The van der Waals surface area contributed by atoms with Crippen molar-refractivity contribution in [2.75, 3.05) is 57.4 Å². The molecule has 4 atom stereocenters. The molecule has 0 saturated carbocycles. The van der Waals surface area contributed by atoms with Crippen LogP contribution in [-0.2, 0) is 30.5 Å². The van der Waals surface area contributed by atoms with Crippen molar-refractivity contribution in [2.24, 2.45) is 0 Å². The number of rotatable bonds is 9. The van der Waals surface area contributed by atoms with Gasteiger partial charge in [-0.15, -0.1) is 0 Å². The third-order valence-corrected chi connectivity index (χ3v) is 16.0. The van der Waals surface area contributed by atoms with E-state index in [2.05, 4.69) is 70.5 Å². The van der Waals surface area contributed by atoms with Crippen LogP contribution in [0.5, 0.6) is 0 Å². The van der Waals surface area contributed by atoms with Gasteiger partial charge in [0.05, 0.1) is 43.8 Å². The molecule has 5 rings (SSSR count). The van der Waals surface area contributed by atoms with Crippen LogP contribution in [0.4, 0.5) is 14.9 Å². The van der Waals surface area contributed by atoms with Crippen LogP contribution < -0.4 is 4.90 Å². The fraction of sp³-hybridized carbons (Fsp3) is 0.683. The number of pyridine rings is 1. The molecule has 2 aromatic rings. The predicted octanol–water partition coefficient (Wildman–Crippen LogP) is 6.86. The molecule has 3 aliphatic heterocycles. The first kappa shape index (κ1) is 41.3. The number of carbonyl (C=O) groups excluding carboxylic acids is 2. The van der Waals surface area contributed by atoms with E-state index < -0.39 is 13.9 Å². The summed E-state index contributed by atoms with van der Waals surface area (Å²) in [4.78, 5) is 41.4. The lowest BCUT2D eigenvalue weighted by Gasteiger charge is -2.49. The minimum absolute atomic E-state index is 0.00770. The number of piperazine rings is 1. The lowest BCUT2D eigenvalue weighted by molar-refractivity contribution is -0.122. The third kappa shape index (κ3) is 9.86. The van der Waals surface area contributed by atoms with Gasteiger partial charge in [-0.2, -0.15) is 0 Å². The number of aromatic nitrogens is 1. The van der Waals surface area contributed by atoms with Crippen LogP contribution in [0.1, 0.15) is 86.1 Å². The summed E-state index contributed by atoms with van der Waals surface area (Å²) in [5.74, 6) is -0.259. The summed E-state index contributed by atoms with van der Waals surface area (Å²) in [6.07, 6.45) is 2.14. The van der Waals surface area contributed by atoms with Crippen molar-refractivity contribution in [1.29, 1.82) is 0 Å². The summed E-state index contributed by atoms with van der Waals surface area (Å²) < 4.78 is 32.3. The van der Waals surface area contributed by atoms with Crippen molar-refractivity contribution in [3.8, 4) is 0 Å². The summed E-state index contributed by atoms with van der Waals surface area (Å²) in [5, 5.41) is 0.0869. The van der Waals surface area contributed by atoms with Crippen LogP contribution >= 0.6 is 0 Å². The van der Waals surface area contributed by atoms with E-state index >= 15 is 0 Å². The van der Waals surface area contributed by atoms with Gasteiger partial charge in [0.2, 0.25) is 5.91 Å². The van der Waals surface area contributed by atoms with Gasteiger partial charge in [0, 0.05) is 55.9 Å². The number of morpholine rings is 1. The Bertz CT molecular complexity index is 1610. The van der Waals surface area contributed by atoms with Crippen LogP contribution in [-0.4, -0.2) is 122 Å². The van der Waals surface area contributed by atoms with Crippen LogP contribution in [0.15, 0.2) is 36.5 Å². The molecule has 0 unspecified atom stereocenters. The second-order valence-corrected chi connectivity index (χ2v) is 23.6. The SMILES string of the molecule is C[C@@H]1CN(CC(=O)N2CC(C)(C)c3ncc(Cc4ccc(F)cc4)cc32)[C@@H](CN2[C@@H](CO[Si](C)(C)C(C)(C)C)COC[C@H]2C)CN1C(=O)OC(C)(C)C. The van der Waals surface area contributed by atoms with Gasteiger partial charge in [0.1, 0.15) is 11.4 Å². The first-order valence-corrected chi connectivity index (χ1v) is 22.2. The highest BCUT2D eigenvalue weighted by atomic mass is 28.4. The molecule has 2 saturated heterocycles. The Morgan fingerprint density at radius 2 is 1.66 bits per heavy atom. The largest absolute Gasteiger partial charge is 0.444 e. The molecular formula is C41H64FN5O5Si. The molecule has 1 aromatic carbocycles. The molecule has 1 aromatic heterocycles. The minimum atomic E-state index is -2.00. The van der Waals surface area contributed by atoms with Gasteiger partial charge in [0.25, 0.3) is 0 Å². The summed E-state index contributed by atoms with van der Waals surface area (Å²) in [6.45, 7) is 29.6. The van der Waals surface area contributed by atoms with Gasteiger partial charge in [-0.3, -0.25) is 19.6 Å². The van der Waals surface area contributed by atoms with E-state index in [1.807, 2.05) is 43.7 Å². The van der Waals surface area contributed by atoms with Crippen molar-refractivity contribution in [3.63, 3.8) is 0 Å². The van der Waals surface area contributed by atoms with E-state index in [1.165, 1.54) is 12.1 Å². The van der Waals surface area contributed by atoms with Gasteiger partial charge in [-0.25, -0.2) is 9.18 Å². The fourth-order valence-electron chi connectivity index (χ4n) is 7.41. The lowest BCUT2D eigenvalue weighted by atomic mass is 9.91. The first-order valence-electron chi connectivity index (χ1n) is 19.3. The Kier molecular flexibility index (Phi) is 12.2. The first-order chi connectivity index (χ1) is 24.5. The fourth-order valence-corrected chi connectivity index (χ4v) is 8.45. The van der Waals surface area contributed by atoms with Crippen molar-refractivity contribution in [2.45, 2.75) is 129 Å². The second kappa shape index (κ2) is 15.7. The molecule has 0 spiro atoms. The molecule has 0 radical (unpaired) electrons. The number of ether oxygens (including phenoxy) is 2. The van der Waals surface area contributed by atoms with Crippen molar-refractivity contribution in [3.05, 3.63) is 59.2 Å². The summed E-state index contributed by atoms with van der Waals surface area (Å²) in [5.41, 5.74) is 2.75. The summed E-state index contributed by atoms with van der Waals surface area (Å²) >= 11 is 0. The molecule has 12 heteroatoms. The number of nitrogens with zero attached hydrogens (tertiary/aromatic N) is 5. The zero-order chi connectivity index (χ0) is 39.1. The van der Waals surface area contributed by atoms with Crippen molar-refractivity contribution < 1.29 is 27.9 Å². The molecule has 10 nitrogen and oxygen atoms in total. The van der Waals surface area contributed by atoms with Crippen molar-refractivity contribution in [1.82, 2.24) is 19.7 Å². The smallest absolute Gasteiger partial charge is 0.410 e. The Hall–Kier alpha value is -2.90.